The van der Waals surface area contributed by atoms with E-state index in [4.69, 9.17) is 4.74 Å². The molecule has 172 valence electrons. The van der Waals surface area contributed by atoms with E-state index in [2.05, 4.69) is 36.2 Å². The van der Waals surface area contributed by atoms with Gasteiger partial charge in [0.2, 0.25) is 5.91 Å². The lowest BCUT2D eigenvalue weighted by molar-refractivity contribution is -0.126. The summed E-state index contributed by atoms with van der Waals surface area (Å²) < 4.78 is 5.24. The van der Waals surface area contributed by atoms with Crippen molar-refractivity contribution in [2.45, 2.75) is 52.6 Å². The molecule has 1 saturated heterocycles. The fourth-order valence-electron chi connectivity index (χ4n) is 4.35. The SMILES string of the molecule is COc1cccc(CNC(=O)C(C)N2CCC(C(=O)c3ccc(CC(C)C)cc3)CC2)c1. The van der Waals surface area contributed by atoms with Crippen molar-refractivity contribution in [1.29, 1.82) is 0 Å². The summed E-state index contributed by atoms with van der Waals surface area (Å²) in [6.45, 7) is 8.34. The molecular formula is C27H36N2O3. The molecule has 0 bridgehead atoms. The highest BCUT2D eigenvalue weighted by atomic mass is 16.5. The van der Waals surface area contributed by atoms with Gasteiger partial charge in [0.05, 0.1) is 13.2 Å². The van der Waals surface area contributed by atoms with Crippen LogP contribution in [0.2, 0.25) is 0 Å². The van der Waals surface area contributed by atoms with Crippen LogP contribution in [0.15, 0.2) is 48.5 Å². The number of piperidine rings is 1. The van der Waals surface area contributed by atoms with Gasteiger partial charge in [-0.2, -0.15) is 0 Å². The molecule has 1 heterocycles. The summed E-state index contributed by atoms with van der Waals surface area (Å²) in [5, 5.41) is 3.02. The van der Waals surface area contributed by atoms with Gasteiger partial charge < -0.3 is 10.1 Å². The topological polar surface area (TPSA) is 58.6 Å². The Morgan fingerprint density at radius 2 is 1.72 bits per heavy atom. The molecule has 0 aliphatic carbocycles. The smallest absolute Gasteiger partial charge is 0.237 e. The summed E-state index contributed by atoms with van der Waals surface area (Å²) in [6.07, 6.45) is 2.62. The maximum atomic E-state index is 12.9. The third-order valence-electron chi connectivity index (χ3n) is 6.31. The molecule has 5 heteroatoms. The van der Waals surface area contributed by atoms with Gasteiger partial charge >= 0.3 is 0 Å². The maximum absolute atomic E-state index is 12.9. The van der Waals surface area contributed by atoms with Crippen LogP contribution in [0, 0.1) is 11.8 Å². The maximum Gasteiger partial charge on any atom is 0.237 e. The lowest BCUT2D eigenvalue weighted by Gasteiger charge is -2.34. The molecular weight excluding hydrogens is 400 g/mol. The number of nitrogens with one attached hydrogen (secondary N) is 1. The highest BCUT2D eigenvalue weighted by molar-refractivity contribution is 5.98. The number of methoxy groups -OCH3 is 1. The fourth-order valence-corrected chi connectivity index (χ4v) is 4.35. The fraction of sp³-hybridized carbons (Fsp3) is 0.481. The third kappa shape index (κ3) is 6.42. The van der Waals surface area contributed by atoms with E-state index < -0.39 is 0 Å². The van der Waals surface area contributed by atoms with Gasteiger partial charge in [-0.05, 0) is 68.5 Å². The van der Waals surface area contributed by atoms with E-state index in [9.17, 15) is 9.59 Å². The zero-order chi connectivity index (χ0) is 23.1. The number of amides is 1. The first-order chi connectivity index (χ1) is 15.4. The molecule has 0 saturated carbocycles. The molecule has 2 aromatic carbocycles. The molecule has 1 aliphatic rings. The normalized spacial score (nSPS) is 16.0. The van der Waals surface area contributed by atoms with E-state index >= 15 is 0 Å². The number of nitrogens with zero attached hydrogens (tertiary/aromatic N) is 1. The Labute approximate surface area is 192 Å². The van der Waals surface area contributed by atoms with Crippen molar-refractivity contribution in [1.82, 2.24) is 10.2 Å². The highest BCUT2D eigenvalue weighted by Crippen LogP contribution is 2.24. The molecule has 1 amide bonds. The van der Waals surface area contributed by atoms with Crippen LogP contribution in [-0.2, 0) is 17.8 Å². The van der Waals surface area contributed by atoms with Gasteiger partial charge in [0.1, 0.15) is 5.75 Å². The average molecular weight is 437 g/mol. The molecule has 1 unspecified atom stereocenters. The number of ether oxygens (including phenoxy) is 1. The van der Waals surface area contributed by atoms with E-state index in [1.807, 2.05) is 43.3 Å². The second-order valence-electron chi connectivity index (χ2n) is 9.21. The van der Waals surface area contributed by atoms with Gasteiger partial charge in [-0.3, -0.25) is 14.5 Å². The molecule has 1 N–H and O–H groups in total. The number of ketones is 1. The Bertz CT molecular complexity index is 899. The van der Waals surface area contributed by atoms with Crippen molar-refractivity contribution < 1.29 is 14.3 Å². The summed E-state index contributed by atoms with van der Waals surface area (Å²) in [4.78, 5) is 27.8. The van der Waals surface area contributed by atoms with Crippen LogP contribution in [0.1, 0.15) is 55.1 Å². The van der Waals surface area contributed by atoms with Crippen LogP contribution in [0.4, 0.5) is 0 Å². The van der Waals surface area contributed by atoms with Gasteiger partial charge in [-0.25, -0.2) is 0 Å². The first kappa shape index (κ1) is 24.0. The number of Topliss-reactive ketones (excluding diaryl/α,β-unsaturated/α-hetero) is 1. The van der Waals surface area contributed by atoms with Crippen molar-refractivity contribution in [2.75, 3.05) is 20.2 Å². The number of hydrogen-bond acceptors (Lipinski definition) is 4. The molecule has 3 rings (SSSR count). The van der Waals surface area contributed by atoms with Crippen LogP contribution in [0.25, 0.3) is 0 Å². The minimum atomic E-state index is -0.216. The standard InChI is InChI=1S/C27H36N2O3/c1-19(2)16-21-8-10-23(11-9-21)26(30)24-12-14-29(15-13-24)20(3)27(31)28-18-22-6-5-7-25(17-22)32-4/h5-11,17,19-20,24H,12-16,18H2,1-4H3,(H,28,31). The van der Waals surface area contributed by atoms with Gasteiger partial charge in [0.15, 0.2) is 5.78 Å². The van der Waals surface area contributed by atoms with Crippen molar-refractivity contribution >= 4 is 11.7 Å². The third-order valence-corrected chi connectivity index (χ3v) is 6.31. The second kappa shape index (κ2) is 11.3. The van der Waals surface area contributed by atoms with Crippen molar-refractivity contribution in [3.8, 4) is 5.75 Å². The van der Waals surface area contributed by atoms with E-state index in [0.717, 1.165) is 49.2 Å². The molecule has 1 fully saturated rings. The number of carbonyl (C=O) groups excluding carboxylic acids is 2. The Morgan fingerprint density at radius 1 is 1.03 bits per heavy atom. The predicted octanol–water partition coefficient (Wildman–Crippen LogP) is 4.49. The monoisotopic (exact) mass is 436 g/mol. The summed E-state index contributed by atoms with van der Waals surface area (Å²) in [5.74, 6) is 1.67. The van der Waals surface area contributed by atoms with Crippen LogP contribution in [0.3, 0.4) is 0 Å². The number of carbonyl (C=O) groups is 2. The molecule has 0 radical (unpaired) electrons. The van der Waals surface area contributed by atoms with Gasteiger partial charge in [-0.15, -0.1) is 0 Å². The Hall–Kier alpha value is -2.66. The van der Waals surface area contributed by atoms with E-state index in [0.29, 0.717) is 12.5 Å². The summed E-state index contributed by atoms with van der Waals surface area (Å²) in [7, 11) is 1.63. The summed E-state index contributed by atoms with van der Waals surface area (Å²) in [5.41, 5.74) is 3.09. The van der Waals surface area contributed by atoms with E-state index in [-0.39, 0.29) is 23.7 Å². The summed E-state index contributed by atoms with van der Waals surface area (Å²) in [6, 6.07) is 15.6. The Morgan fingerprint density at radius 3 is 2.34 bits per heavy atom. The lowest BCUT2D eigenvalue weighted by Crippen LogP contribution is -2.48. The minimum absolute atomic E-state index is 0.0123. The highest BCUT2D eigenvalue weighted by Gasteiger charge is 2.30. The van der Waals surface area contributed by atoms with Crippen molar-refractivity contribution in [3.05, 3.63) is 65.2 Å². The lowest BCUT2D eigenvalue weighted by atomic mass is 9.88. The number of hydrogen-bond donors (Lipinski definition) is 1. The van der Waals surface area contributed by atoms with Gasteiger partial charge in [-0.1, -0.05) is 50.2 Å². The number of rotatable bonds is 9. The molecule has 5 nitrogen and oxygen atoms in total. The van der Waals surface area contributed by atoms with Crippen LogP contribution in [-0.4, -0.2) is 42.8 Å². The molecule has 32 heavy (non-hydrogen) atoms. The Kier molecular flexibility index (Phi) is 8.46. The zero-order valence-corrected chi connectivity index (χ0v) is 19.8. The second-order valence-corrected chi connectivity index (χ2v) is 9.21. The molecule has 2 aromatic rings. The van der Waals surface area contributed by atoms with Gasteiger partial charge in [0, 0.05) is 18.0 Å². The molecule has 0 aromatic heterocycles. The average Bonchev–Trinajstić information content (AvgIpc) is 2.82. The predicted molar refractivity (Wildman–Crippen MR) is 128 cm³/mol. The van der Waals surface area contributed by atoms with Crippen LogP contribution < -0.4 is 10.1 Å². The number of likely N-dealkylation sites (tertiary alicyclic amines) is 1. The molecule has 0 spiro atoms. The first-order valence-corrected chi connectivity index (χ1v) is 11.6. The minimum Gasteiger partial charge on any atom is -0.497 e. The Balaban J connectivity index is 1.47. The molecule has 1 aliphatic heterocycles. The molecule has 1 atom stereocenters. The number of benzene rings is 2. The van der Waals surface area contributed by atoms with Crippen LogP contribution >= 0.6 is 0 Å². The van der Waals surface area contributed by atoms with Crippen molar-refractivity contribution in [2.24, 2.45) is 11.8 Å². The zero-order valence-electron chi connectivity index (χ0n) is 19.8. The van der Waals surface area contributed by atoms with Gasteiger partial charge in [0.25, 0.3) is 0 Å². The first-order valence-electron chi connectivity index (χ1n) is 11.6. The van der Waals surface area contributed by atoms with Crippen molar-refractivity contribution in [3.63, 3.8) is 0 Å². The van der Waals surface area contributed by atoms with E-state index in [1.165, 1.54) is 5.56 Å². The largest absolute Gasteiger partial charge is 0.497 e. The summed E-state index contributed by atoms with van der Waals surface area (Å²) >= 11 is 0. The quantitative estimate of drug-likeness (QED) is 0.588. The van der Waals surface area contributed by atoms with E-state index in [1.54, 1.807) is 7.11 Å². The van der Waals surface area contributed by atoms with Crippen LogP contribution in [0.5, 0.6) is 5.75 Å².